The van der Waals surface area contributed by atoms with Gasteiger partial charge in [0.25, 0.3) is 6.43 Å². The highest BCUT2D eigenvalue weighted by Gasteiger charge is 2.45. The average molecular weight is 225 g/mol. The van der Waals surface area contributed by atoms with Gasteiger partial charge in [-0.15, -0.1) is 0 Å². The summed E-state index contributed by atoms with van der Waals surface area (Å²) in [5.41, 5.74) is -0.125. The fourth-order valence-corrected chi connectivity index (χ4v) is 2.54. The van der Waals surface area contributed by atoms with Crippen LogP contribution in [0.25, 0.3) is 0 Å². The highest BCUT2D eigenvalue weighted by atomic mass is 19.3. The molecule has 1 aromatic heterocycles. The summed E-state index contributed by atoms with van der Waals surface area (Å²) in [6.07, 6.45) is 3.59. The van der Waals surface area contributed by atoms with Crippen molar-refractivity contribution in [3.63, 3.8) is 0 Å². The topological polar surface area (TPSA) is 37.8 Å². The van der Waals surface area contributed by atoms with E-state index in [1.54, 1.807) is 0 Å². The van der Waals surface area contributed by atoms with E-state index in [0.717, 1.165) is 11.8 Å². The van der Waals surface area contributed by atoms with Crippen LogP contribution in [0.2, 0.25) is 0 Å². The summed E-state index contributed by atoms with van der Waals surface area (Å²) < 4.78 is 24.5. The van der Waals surface area contributed by atoms with Crippen LogP contribution in [0.3, 0.4) is 0 Å². The first-order chi connectivity index (χ1) is 7.72. The second-order valence-electron chi connectivity index (χ2n) is 4.71. The number of nitrogens with one attached hydrogen (secondary N) is 1. The normalized spacial score (nSPS) is 31.6. The molecule has 0 amide bonds. The van der Waals surface area contributed by atoms with E-state index in [1.165, 1.54) is 31.7 Å². The minimum Gasteiger partial charge on any atom is -0.351 e. The number of rotatable bonds is 3. The number of hydrogen-bond donors (Lipinski definition) is 1. The SMILES string of the molecule is FC(F)c1cnc(NC2CC3CC3C2)nc1. The van der Waals surface area contributed by atoms with Gasteiger partial charge in [0.1, 0.15) is 0 Å². The van der Waals surface area contributed by atoms with E-state index in [2.05, 4.69) is 15.3 Å². The molecule has 0 bridgehead atoms. The molecule has 3 nitrogen and oxygen atoms in total. The Morgan fingerprint density at radius 3 is 2.31 bits per heavy atom. The lowest BCUT2D eigenvalue weighted by molar-refractivity contribution is 0.150. The Morgan fingerprint density at radius 1 is 1.12 bits per heavy atom. The van der Waals surface area contributed by atoms with E-state index in [-0.39, 0.29) is 5.56 Å². The van der Waals surface area contributed by atoms with E-state index >= 15 is 0 Å². The average Bonchev–Trinajstić information content (AvgIpc) is 2.87. The van der Waals surface area contributed by atoms with Crippen LogP contribution in [0, 0.1) is 11.8 Å². The van der Waals surface area contributed by atoms with Crippen molar-refractivity contribution in [2.24, 2.45) is 11.8 Å². The van der Waals surface area contributed by atoms with Gasteiger partial charge in [-0.05, 0) is 31.1 Å². The minimum absolute atomic E-state index is 0.125. The Balaban J connectivity index is 1.61. The smallest absolute Gasteiger partial charge is 0.266 e. The summed E-state index contributed by atoms with van der Waals surface area (Å²) in [4.78, 5) is 7.80. The summed E-state index contributed by atoms with van der Waals surface area (Å²) in [7, 11) is 0. The van der Waals surface area contributed by atoms with Crippen LogP contribution in [0.15, 0.2) is 12.4 Å². The third-order valence-electron chi connectivity index (χ3n) is 3.50. The van der Waals surface area contributed by atoms with Crippen molar-refractivity contribution in [1.82, 2.24) is 9.97 Å². The van der Waals surface area contributed by atoms with Gasteiger partial charge in [-0.2, -0.15) is 0 Å². The number of hydrogen-bond acceptors (Lipinski definition) is 3. The summed E-state index contributed by atoms with van der Waals surface area (Å²) in [6.45, 7) is 0. The van der Waals surface area contributed by atoms with E-state index in [1.807, 2.05) is 0 Å². The van der Waals surface area contributed by atoms with Crippen LogP contribution in [-0.2, 0) is 0 Å². The van der Waals surface area contributed by atoms with E-state index in [0.29, 0.717) is 12.0 Å². The van der Waals surface area contributed by atoms with Gasteiger partial charge < -0.3 is 5.32 Å². The van der Waals surface area contributed by atoms with Crippen molar-refractivity contribution in [1.29, 1.82) is 0 Å². The van der Waals surface area contributed by atoms with Gasteiger partial charge in [-0.3, -0.25) is 0 Å². The van der Waals surface area contributed by atoms with E-state index in [9.17, 15) is 8.78 Å². The van der Waals surface area contributed by atoms with Crippen molar-refractivity contribution in [3.05, 3.63) is 18.0 Å². The molecule has 0 spiro atoms. The number of aromatic nitrogens is 2. The third kappa shape index (κ3) is 1.86. The van der Waals surface area contributed by atoms with Gasteiger partial charge >= 0.3 is 0 Å². The fourth-order valence-electron chi connectivity index (χ4n) is 2.54. The first-order valence-corrected chi connectivity index (χ1v) is 5.59. The first kappa shape index (κ1) is 9.93. The lowest BCUT2D eigenvalue weighted by Gasteiger charge is -2.13. The summed E-state index contributed by atoms with van der Waals surface area (Å²) in [5.74, 6) is 2.24. The van der Waals surface area contributed by atoms with Crippen LogP contribution < -0.4 is 5.32 Å². The fraction of sp³-hybridized carbons (Fsp3) is 0.636. The Kier molecular flexibility index (Phi) is 2.26. The highest BCUT2D eigenvalue weighted by molar-refractivity contribution is 5.28. The molecular weight excluding hydrogens is 212 g/mol. The molecule has 2 atom stereocenters. The van der Waals surface area contributed by atoms with Crippen molar-refractivity contribution in [2.45, 2.75) is 31.7 Å². The molecule has 0 radical (unpaired) electrons. The van der Waals surface area contributed by atoms with Crippen LogP contribution in [0.5, 0.6) is 0 Å². The molecule has 0 saturated heterocycles. The van der Waals surface area contributed by atoms with Crippen molar-refractivity contribution in [2.75, 3.05) is 5.32 Å². The monoisotopic (exact) mass is 225 g/mol. The summed E-state index contributed by atoms with van der Waals surface area (Å²) in [6, 6.07) is 0.432. The van der Waals surface area contributed by atoms with E-state index < -0.39 is 6.43 Å². The minimum atomic E-state index is -2.49. The Morgan fingerprint density at radius 2 is 1.75 bits per heavy atom. The van der Waals surface area contributed by atoms with Crippen LogP contribution in [0.4, 0.5) is 14.7 Å². The van der Waals surface area contributed by atoms with Gasteiger partial charge in [0.15, 0.2) is 0 Å². The zero-order chi connectivity index (χ0) is 11.1. The lowest BCUT2D eigenvalue weighted by Crippen LogP contribution is -2.18. The molecule has 0 aromatic carbocycles. The van der Waals surface area contributed by atoms with Crippen molar-refractivity contribution >= 4 is 5.95 Å². The molecule has 2 aliphatic rings. The molecule has 2 unspecified atom stereocenters. The second-order valence-corrected chi connectivity index (χ2v) is 4.71. The van der Waals surface area contributed by atoms with Crippen LogP contribution in [-0.4, -0.2) is 16.0 Å². The maximum absolute atomic E-state index is 12.3. The Hall–Kier alpha value is -1.26. The van der Waals surface area contributed by atoms with Gasteiger partial charge in [0, 0.05) is 18.4 Å². The molecule has 2 fully saturated rings. The molecule has 0 aliphatic heterocycles. The predicted molar refractivity (Wildman–Crippen MR) is 55.2 cm³/mol. The maximum atomic E-state index is 12.3. The molecule has 3 rings (SSSR count). The Labute approximate surface area is 92.3 Å². The molecular formula is C11H13F2N3. The van der Waals surface area contributed by atoms with E-state index in [4.69, 9.17) is 0 Å². The van der Waals surface area contributed by atoms with Crippen molar-refractivity contribution < 1.29 is 8.78 Å². The van der Waals surface area contributed by atoms with Crippen LogP contribution in [0.1, 0.15) is 31.3 Å². The molecule has 1 N–H and O–H groups in total. The van der Waals surface area contributed by atoms with Gasteiger partial charge in [-0.1, -0.05) is 0 Å². The molecule has 16 heavy (non-hydrogen) atoms. The number of fused-ring (bicyclic) bond motifs is 1. The van der Waals surface area contributed by atoms with Gasteiger partial charge in [0.05, 0.1) is 5.56 Å². The summed E-state index contributed by atoms with van der Waals surface area (Å²) >= 11 is 0. The molecule has 2 saturated carbocycles. The second kappa shape index (κ2) is 3.64. The molecule has 5 heteroatoms. The van der Waals surface area contributed by atoms with Crippen LogP contribution >= 0.6 is 0 Å². The number of anilines is 1. The van der Waals surface area contributed by atoms with Gasteiger partial charge in [-0.25, -0.2) is 18.7 Å². The molecule has 1 heterocycles. The summed E-state index contributed by atoms with van der Waals surface area (Å²) in [5, 5.41) is 3.20. The number of halogens is 2. The standard InChI is InChI=1S/C11H13F2N3/c12-10(13)8-4-14-11(15-5-8)16-9-2-6-1-7(6)3-9/h4-7,9-10H,1-3H2,(H,14,15,16). The molecule has 86 valence electrons. The first-order valence-electron chi connectivity index (χ1n) is 5.59. The molecule has 2 aliphatic carbocycles. The quantitative estimate of drug-likeness (QED) is 0.859. The van der Waals surface area contributed by atoms with Gasteiger partial charge in [0.2, 0.25) is 5.95 Å². The zero-order valence-corrected chi connectivity index (χ0v) is 8.74. The number of nitrogens with zero attached hydrogens (tertiary/aromatic N) is 2. The predicted octanol–water partition coefficient (Wildman–Crippen LogP) is 2.62. The Bertz CT molecular complexity index is 369. The molecule has 1 aromatic rings. The maximum Gasteiger partial charge on any atom is 0.266 e. The third-order valence-corrected chi connectivity index (χ3v) is 3.50. The zero-order valence-electron chi connectivity index (χ0n) is 8.74. The number of alkyl halides is 2. The lowest BCUT2D eigenvalue weighted by atomic mass is 10.2. The highest BCUT2D eigenvalue weighted by Crippen LogP contribution is 2.52. The largest absolute Gasteiger partial charge is 0.351 e. The van der Waals surface area contributed by atoms with Crippen molar-refractivity contribution in [3.8, 4) is 0 Å².